The summed E-state index contributed by atoms with van der Waals surface area (Å²) in [5.41, 5.74) is 0.652. The zero-order valence-corrected chi connectivity index (χ0v) is 15.2. The Labute approximate surface area is 148 Å². The number of nitrogens with zero attached hydrogens (tertiary/aromatic N) is 3. The third kappa shape index (κ3) is 4.69. The van der Waals surface area contributed by atoms with Crippen LogP contribution in [0.1, 0.15) is 21.7 Å². The van der Waals surface area contributed by atoms with E-state index < -0.39 is 5.56 Å². The lowest BCUT2D eigenvalue weighted by Gasteiger charge is -2.09. The molecule has 0 saturated carbocycles. The number of aryl methyl sites for hydroxylation is 1. The summed E-state index contributed by atoms with van der Waals surface area (Å²) in [4.78, 5) is 25.4. The summed E-state index contributed by atoms with van der Waals surface area (Å²) in [5, 5.41) is 18.0. The zero-order valence-electron chi connectivity index (χ0n) is 13.5. The standard InChI is InChI=1S/C16H18N4O2S2/c1-11-12(2)19-20(16(22)14(11)8-17)9-15(21)18-5-7-23-10-13-4-3-6-24-13/h3-4,6H,5,7,9-10H2,1-2H3,(H,18,21). The van der Waals surface area contributed by atoms with Crippen molar-refractivity contribution in [2.24, 2.45) is 0 Å². The maximum absolute atomic E-state index is 12.1. The van der Waals surface area contributed by atoms with E-state index in [1.165, 1.54) is 4.88 Å². The van der Waals surface area contributed by atoms with Crippen LogP contribution >= 0.6 is 23.1 Å². The molecule has 0 saturated heterocycles. The molecule has 0 aliphatic carbocycles. The molecule has 0 aliphatic rings. The van der Waals surface area contributed by atoms with Crippen molar-refractivity contribution in [1.82, 2.24) is 15.1 Å². The summed E-state index contributed by atoms with van der Waals surface area (Å²) < 4.78 is 1.05. The Morgan fingerprint density at radius 3 is 2.96 bits per heavy atom. The molecule has 0 fully saturated rings. The molecule has 0 unspecified atom stereocenters. The molecule has 6 nitrogen and oxygen atoms in total. The lowest BCUT2D eigenvalue weighted by Crippen LogP contribution is -2.36. The van der Waals surface area contributed by atoms with Crippen LogP contribution in [-0.4, -0.2) is 28.0 Å². The first-order valence-electron chi connectivity index (χ1n) is 7.38. The summed E-state index contributed by atoms with van der Waals surface area (Å²) in [5.74, 6) is 1.44. The number of amides is 1. The fourth-order valence-corrected chi connectivity index (χ4v) is 3.73. The van der Waals surface area contributed by atoms with Gasteiger partial charge in [-0.15, -0.1) is 11.3 Å². The molecule has 1 N–H and O–H groups in total. The van der Waals surface area contributed by atoms with Crippen LogP contribution in [-0.2, 0) is 17.1 Å². The predicted octanol–water partition coefficient (Wildman–Crippen LogP) is 1.84. The first-order chi connectivity index (χ1) is 11.5. The van der Waals surface area contributed by atoms with E-state index >= 15 is 0 Å². The number of thioether (sulfide) groups is 1. The number of rotatable bonds is 7. The van der Waals surface area contributed by atoms with Gasteiger partial charge in [0.25, 0.3) is 5.56 Å². The van der Waals surface area contributed by atoms with Crippen molar-refractivity contribution in [3.05, 3.63) is 49.6 Å². The number of nitriles is 1. The van der Waals surface area contributed by atoms with Crippen molar-refractivity contribution in [3.8, 4) is 6.07 Å². The highest BCUT2D eigenvalue weighted by Crippen LogP contribution is 2.16. The number of hydrogen-bond donors (Lipinski definition) is 1. The van der Waals surface area contributed by atoms with Crippen molar-refractivity contribution in [3.63, 3.8) is 0 Å². The van der Waals surface area contributed by atoms with Gasteiger partial charge in [0, 0.05) is 22.9 Å². The van der Waals surface area contributed by atoms with Crippen LogP contribution in [0.2, 0.25) is 0 Å². The molecule has 1 amide bonds. The molecule has 2 aromatic rings. The van der Waals surface area contributed by atoms with Crippen LogP contribution in [0.4, 0.5) is 0 Å². The van der Waals surface area contributed by atoms with Gasteiger partial charge < -0.3 is 5.32 Å². The quantitative estimate of drug-likeness (QED) is 0.760. The highest BCUT2D eigenvalue weighted by atomic mass is 32.2. The fraction of sp³-hybridized carbons (Fsp3) is 0.375. The van der Waals surface area contributed by atoms with E-state index in [1.54, 1.807) is 36.9 Å². The van der Waals surface area contributed by atoms with Crippen LogP contribution in [0.5, 0.6) is 0 Å². The Bertz CT molecular complexity index is 807. The number of thiophene rings is 1. The van der Waals surface area contributed by atoms with E-state index in [0.29, 0.717) is 17.8 Å². The fourth-order valence-electron chi connectivity index (χ4n) is 2.03. The summed E-state index contributed by atoms with van der Waals surface area (Å²) in [7, 11) is 0. The number of aromatic nitrogens is 2. The summed E-state index contributed by atoms with van der Waals surface area (Å²) in [6.07, 6.45) is 0. The minimum atomic E-state index is -0.525. The van der Waals surface area contributed by atoms with Crippen LogP contribution in [0, 0.1) is 25.2 Å². The highest BCUT2D eigenvalue weighted by molar-refractivity contribution is 7.98. The number of carbonyl (C=O) groups excluding carboxylic acids is 1. The van der Waals surface area contributed by atoms with E-state index in [1.807, 2.05) is 17.5 Å². The molecule has 2 rings (SSSR count). The number of carbonyl (C=O) groups is 1. The molecule has 8 heteroatoms. The van der Waals surface area contributed by atoms with Gasteiger partial charge in [0.15, 0.2) is 0 Å². The first-order valence-corrected chi connectivity index (χ1v) is 9.41. The molecule has 2 aromatic heterocycles. The van der Waals surface area contributed by atoms with Crippen LogP contribution in [0.15, 0.2) is 22.3 Å². The number of hydrogen-bond acceptors (Lipinski definition) is 6. The van der Waals surface area contributed by atoms with Crippen molar-refractivity contribution in [2.45, 2.75) is 26.1 Å². The molecule has 126 valence electrons. The molecule has 0 aromatic carbocycles. The Hall–Kier alpha value is -2.11. The molecular weight excluding hydrogens is 344 g/mol. The topological polar surface area (TPSA) is 87.8 Å². The van der Waals surface area contributed by atoms with Crippen molar-refractivity contribution < 1.29 is 4.79 Å². The van der Waals surface area contributed by atoms with Gasteiger partial charge in [-0.1, -0.05) is 6.07 Å². The predicted molar refractivity (Wildman–Crippen MR) is 96.2 cm³/mol. The van der Waals surface area contributed by atoms with Crippen molar-refractivity contribution in [1.29, 1.82) is 5.26 Å². The third-order valence-electron chi connectivity index (χ3n) is 3.43. The first kappa shape index (κ1) is 18.2. The molecule has 0 radical (unpaired) electrons. The van der Waals surface area contributed by atoms with Gasteiger partial charge in [-0.3, -0.25) is 9.59 Å². The second kappa shape index (κ2) is 8.66. The minimum absolute atomic E-state index is 0.0433. The van der Waals surface area contributed by atoms with E-state index in [0.717, 1.165) is 16.2 Å². The average molecular weight is 362 g/mol. The number of nitrogens with one attached hydrogen (secondary N) is 1. The average Bonchev–Trinajstić information content (AvgIpc) is 3.06. The lowest BCUT2D eigenvalue weighted by molar-refractivity contribution is -0.121. The van der Waals surface area contributed by atoms with Gasteiger partial charge in [0.2, 0.25) is 5.91 Å². The second-order valence-electron chi connectivity index (χ2n) is 5.14. The molecule has 0 bridgehead atoms. The van der Waals surface area contributed by atoms with Gasteiger partial charge in [0.05, 0.1) is 5.69 Å². The summed E-state index contributed by atoms with van der Waals surface area (Å²) in [6, 6.07) is 5.99. The monoisotopic (exact) mass is 362 g/mol. The van der Waals surface area contributed by atoms with Gasteiger partial charge in [-0.2, -0.15) is 22.1 Å². The molecule has 2 heterocycles. The van der Waals surface area contributed by atoms with Crippen molar-refractivity contribution in [2.75, 3.05) is 12.3 Å². The van der Waals surface area contributed by atoms with Crippen LogP contribution < -0.4 is 10.9 Å². The SMILES string of the molecule is Cc1nn(CC(=O)NCCSCc2cccs2)c(=O)c(C#N)c1C. The highest BCUT2D eigenvalue weighted by Gasteiger charge is 2.13. The Morgan fingerprint density at radius 2 is 2.29 bits per heavy atom. The van der Waals surface area contributed by atoms with Gasteiger partial charge in [-0.25, -0.2) is 4.68 Å². The lowest BCUT2D eigenvalue weighted by atomic mass is 10.1. The minimum Gasteiger partial charge on any atom is -0.354 e. The van der Waals surface area contributed by atoms with Gasteiger partial charge in [-0.05, 0) is 30.9 Å². The Kier molecular flexibility index (Phi) is 6.58. The smallest absolute Gasteiger partial charge is 0.285 e. The second-order valence-corrected chi connectivity index (χ2v) is 7.28. The Morgan fingerprint density at radius 1 is 1.50 bits per heavy atom. The molecule has 0 atom stereocenters. The third-order valence-corrected chi connectivity index (χ3v) is 5.50. The van der Waals surface area contributed by atoms with Crippen LogP contribution in [0.25, 0.3) is 0 Å². The largest absolute Gasteiger partial charge is 0.354 e. The van der Waals surface area contributed by atoms with E-state index in [9.17, 15) is 9.59 Å². The molecule has 0 aliphatic heterocycles. The van der Waals surface area contributed by atoms with Gasteiger partial charge >= 0.3 is 0 Å². The van der Waals surface area contributed by atoms with Crippen molar-refractivity contribution >= 4 is 29.0 Å². The van der Waals surface area contributed by atoms with Crippen LogP contribution in [0.3, 0.4) is 0 Å². The van der Waals surface area contributed by atoms with E-state index in [-0.39, 0.29) is 18.0 Å². The van der Waals surface area contributed by atoms with E-state index in [2.05, 4.69) is 16.5 Å². The summed E-state index contributed by atoms with van der Waals surface area (Å²) in [6.45, 7) is 3.74. The maximum atomic E-state index is 12.1. The normalized spacial score (nSPS) is 10.4. The van der Waals surface area contributed by atoms with E-state index in [4.69, 9.17) is 5.26 Å². The molecular formula is C16H18N4O2S2. The molecule has 24 heavy (non-hydrogen) atoms. The maximum Gasteiger partial charge on any atom is 0.285 e. The Balaban J connectivity index is 1.83. The summed E-state index contributed by atoms with van der Waals surface area (Å²) >= 11 is 3.46. The molecule has 0 spiro atoms. The zero-order chi connectivity index (χ0) is 17.5. The van der Waals surface area contributed by atoms with Gasteiger partial charge in [0.1, 0.15) is 18.2 Å².